The SMILES string of the molecule is CC1CCCN(C(=O)c2ccc(CCN)cc2)C1C(=O)O. The Labute approximate surface area is 124 Å². The van der Waals surface area contributed by atoms with Gasteiger partial charge in [-0.15, -0.1) is 0 Å². The van der Waals surface area contributed by atoms with E-state index in [1.807, 2.05) is 19.1 Å². The van der Waals surface area contributed by atoms with E-state index in [-0.39, 0.29) is 11.8 Å². The molecule has 114 valence electrons. The van der Waals surface area contributed by atoms with Gasteiger partial charge in [-0.1, -0.05) is 19.1 Å². The molecule has 1 aliphatic heterocycles. The van der Waals surface area contributed by atoms with Crippen LogP contribution in [0.25, 0.3) is 0 Å². The first-order valence-corrected chi connectivity index (χ1v) is 7.37. The van der Waals surface area contributed by atoms with Crippen molar-refractivity contribution in [2.75, 3.05) is 13.1 Å². The molecule has 1 fully saturated rings. The van der Waals surface area contributed by atoms with Gasteiger partial charge < -0.3 is 15.7 Å². The lowest BCUT2D eigenvalue weighted by Crippen LogP contribution is -2.51. The molecule has 0 aliphatic carbocycles. The van der Waals surface area contributed by atoms with Gasteiger partial charge in [0.1, 0.15) is 6.04 Å². The van der Waals surface area contributed by atoms with E-state index in [4.69, 9.17) is 5.73 Å². The monoisotopic (exact) mass is 290 g/mol. The van der Waals surface area contributed by atoms with Crippen LogP contribution in [-0.4, -0.2) is 41.0 Å². The van der Waals surface area contributed by atoms with E-state index in [1.165, 1.54) is 4.90 Å². The molecule has 0 saturated carbocycles. The van der Waals surface area contributed by atoms with E-state index in [1.54, 1.807) is 12.1 Å². The molecule has 1 aliphatic rings. The molecular weight excluding hydrogens is 268 g/mol. The summed E-state index contributed by atoms with van der Waals surface area (Å²) in [5, 5.41) is 9.38. The highest BCUT2D eigenvalue weighted by Crippen LogP contribution is 2.25. The number of likely N-dealkylation sites (tertiary alicyclic amines) is 1. The second-order valence-corrected chi connectivity index (χ2v) is 5.64. The number of carbonyl (C=O) groups is 2. The number of rotatable bonds is 4. The van der Waals surface area contributed by atoms with Crippen molar-refractivity contribution >= 4 is 11.9 Å². The van der Waals surface area contributed by atoms with Crippen LogP contribution < -0.4 is 5.73 Å². The third kappa shape index (κ3) is 3.42. The van der Waals surface area contributed by atoms with Gasteiger partial charge in [-0.2, -0.15) is 0 Å². The first-order valence-electron chi connectivity index (χ1n) is 7.37. The predicted octanol–water partition coefficient (Wildman–Crippen LogP) is 1.51. The largest absolute Gasteiger partial charge is 0.480 e. The standard InChI is InChI=1S/C16H22N2O3/c1-11-3-2-10-18(14(11)16(20)21)15(19)13-6-4-12(5-7-13)8-9-17/h4-7,11,14H,2-3,8-10,17H2,1H3,(H,20,21). The molecule has 0 radical (unpaired) electrons. The predicted molar refractivity (Wildman–Crippen MR) is 80.1 cm³/mol. The second kappa shape index (κ2) is 6.72. The third-order valence-corrected chi connectivity index (χ3v) is 4.08. The Morgan fingerprint density at radius 3 is 2.57 bits per heavy atom. The lowest BCUT2D eigenvalue weighted by atomic mass is 9.90. The van der Waals surface area contributed by atoms with Crippen LogP contribution in [0.15, 0.2) is 24.3 Å². The minimum absolute atomic E-state index is 0.0169. The molecule has 2 atom stereocenters. The minimum atomic E-state index is -0.921. The van der Waals surface area contributed by atoms with Crippen molar-refractivity contribution in [1.29, 1.82) is 0 Å². The first kappa shape index (κ1) is 15.5. The molecule has 3 N–H and O–H groups in total. The van der Waals surface area contributed by atoms with Crippen LogP contribution in [0.5, 0.6) is 0 Å². The molecule has 0 aromatic heterocycles. The number of hydrogen-bond acceptors (Lipinski definition) is 3. The number of carbonyl (C=O) groups excluding carboxylic acids is 1. The Bertz CT molecular complexity index is 513. The van der Waals surface area contributed by atoms with Crippen molar-refractivity contribution in [3.8, 4) is 0 Å². The number of aliphatic carboxylic acids is 1. The fourth-order valence-electron chi connectivity index (χ4n) is 2.94. The molecule has 2 rings (SSSR count). The Hall–Kier alpha value is -1.88. The first-order chi connectivity index (χ1) is 10.0. The van der Waals surface area contributed by atoms with Crippen LogP contribution in [0.2, 0.25) is 0 Å². The maximum atomic E-state index is 12.6. The summed E-state index contributed by atoms with van der Waals surface area (Å²) in [6.07, 6.45) is 2.46. The van der Waals surface area contributed by atoms with Crippen LogP contribution >= 0.6 is 0 Å². The summed E-state index contributed by atoms with van der Waals surface area (Å²) < 4.78 is 0. The van der Waals surface area contributed by atoms with Crippen molar-refractivity contribution in [3.63, 3.8) is 0 Å². The number of amides is 1. The summed E-state index contributed by atoms with van der Waals surface area (Å²) in [6, 6.07) is 6.54. The maximum absolute atomic E-state index is 12.6. The van der Waals surface area contributed by atoms with E-state index in [0.717, 1.165) is 24.8 Å². The average Bonchev–Trinajstić information content (AvgIpc) is 2.47. The van der Waals surface area contributed by atoms with Crippen LogP contribution in [0.1, 0.15) is 35.7 Å². The number of piperidine rings is 1. The molecule has 5 heteroatoms. The number of carboxylic acid groups (broad SMARTS) is 1. The molecule has 0 bridgehead atoms. The van der Waals surface area contributed by atoms with E-state index in [2.05, 4.69) is 0 Å². The van der Waals surface area contributed by atoms with Crippen LogP contribution in [0.3, 0.4) is 0 Å². The Kier molecular flexibility index (Phi) is 4.96. The summed E-state index contributed by atoms with van der Waals surface area (Å²) in [6.45, 7) is 2.96. The smallest absolute Gasteiger partial charge is 0.326 e. The summed E-state index contributed by atoms with van der Waals surface area (Å²) in [5.74, 6) is -1.14. The molecule has 1 saturated heterocycles. The zero-order chi connectivity index (χ0) is 15.4. The fourth-order valence-corrected chi connectivity index (χ4v) is 2.94. The molecule has 1 aromatic carbocycles. The minimum Gasteiger partial charge on any atom is -0.480 e. The average molecular weight is 290 g/mol. The normalized spacial score (nSPS) is 22.1. The second-order valence-electron chi connectivity index (χ2n) is 5.64. The zero-order valence-electron chi connectivity index (χ0n) is 12.3. The Balaban J connectivity index is 2.18. The quantitative estimate of drug-likeness (QED) is 0.880. The van der Waals surface area contributed by atoms with Gasteiger partial charge in [-0.25, -0.2) is 4.79 Å². The number of carboxylic acids is 1. The fraction of sp³-hybridized carbons (Fsp3) is 0.500. The maximum Gasteiger partial charge on any atom is 0.326 e. The summed E-state index contributed by atoms with van der Waals surface area (Å²) in [4.78, 5) is 25.5. The Morgan fingerprint density at radius 2 is 2.00 bits per heavy atom. The molecule has 1 heterocycles. The highest BCUT2D eigenvalue weighted by Gasteiger charge is 2.37. The van der Waals surface area contributed by atoms with Gasteiger partial charge in [0.2, 0.25) is 0 Å². The third-order valence-electron chi connectivity index (χ3n) is 4.08. The van der Waals surface area contributed by atoms with Crippen LogP contribution in [0, 0.1) is 5.92 Å². The molecule has 1 amide bonds. The summed E-state index contributed by atoms with van der Waals surface area (Å²) >= 11 is 0. The van der Waals surface area contributed by atoms with E-state index >= 15 is 0 Å². The highest BCUT2D eigenvalue weighted by atomic mass is 16.4. The van der Waals surface area contributed by atoms with Gasteiger partial charge in [0.15, 0.2) is 0 Å². The molecule has 1 aromatic rings. The molecular formula is C16H22N2O3. The van der Waals surface area contributed by atoms with E-state index in [9.17, 15) is 14.7 Å². The van der Waals surface area contributed by atoms with Gasteiger partial charge >= 0.3 is 5.97 Å². The zero-order valence-corrected chi connectivity index (χ0v) is 12.3. The highest BCUT2D eigenvalue weighted by molar-refractivity contribution is 5.96. The van der Waals surface area contributed by atoms with Crippen molar-refractivity contribution in [1.82, 2.24) is 4.90 Å². The molecule has 5 nitrogen and oxygen atoms in total. The van der Waals surface area contributed by atoms with Gasteiger partial charge in [-0.05, 0) is 49.4 Å². The number of hydrogen-bond donors (Lipinski definition) is 2. The van der Waals surface area contributed by atoms with Gasteiger partial charge in [0.05, 0.1) is 0 Å². The van der Waals surface area contributed by atoms with E-state index in [0.29, 0.717) is 18.7 Å². The topological polar surface area (TPSA) is 83.6 Å². The van der Waals surface area contributed by atoms with Gasteiger partial charge in [0, 0.05) is 12.1 Å². The van der Waals surface area contributed by atoms with Gasteiger partial charge in [0.25, 0.3) is 5.91 Å². The van der Waals surface area contributed by atoms with Crippen molar-refractivity contribution in [3.05, 3.63) is 35.4 Å². The molecule has 2 unspecified atom stereocenters. The van der Waals surface area contributed by atoms with Crippen LogP contribution in [-0.2, 0) is 11.2 Å². The van der Waals surface area contributed by atoms with Crippen molar-refractivity contribution in [2.45, 2.75) is 32.2 Å². The van der Waals surface area contributed by atoms with E-state index < -0.39 is 12.0 Å². The number of nitrogens with two attached hydrogens (primary N) is 1. The van der Waals surface area contributed by atoms with Crippen molar-refractivity contribution in [2.24, 2.45) is 11.7 Å². The molecule has 21 heavy (non-hydrogen) atoms. The summed E-state index contributed by atoms with van der Waals surface area (Å²) in [5.41, 5.74) is 7.12. The van der Waals surface area contributed by atoms with Crippen LogP contribution in [0.4, 0.5) is 0 Å². The number of benzene rings is 1. The molecule has 0 spiro atoms. The lowest BCUT2D eigenvalue weighted by molar-refractivity contribution is -0.145. The Morgan fingerprint density at radius 1 is 1.33 bits per heavy atom. The van der Waals surface area contributed by atoms with Crippen molar-refractivity contribution < 1.29 is 14.7 Å². The van der Waals surface area contributed by atoms with Gasteiger partial charge in [-0.3, -0.25) is 4.79 Å². The number of nitrogens with zero attached hydrogens (tertiary/aromatic N) is 1. The summed E-state index contributed by atoms with van der Waals surface area (Å²) in [7, 11) is 0. The lowest BCUT2D eigenvalue weighted by Gasteiger charge is -2.37.